The van der Waals surface area contributed by atoms with E-state index in [-0.39, 0.29) is 12.4 Å². The van der Waals surface area contributed by atoms with E-state index in [0.717, 1.165) is 0 Å². The molecule has 2 rings (SSSR count). The molecule has 2 N–H and O–H groups in total. The van der Waals surface area contributed by atoms with Crippen LogP contribution in [0.25, 0.3) is 0 Å². The van der Waals surface area contributed by atoms with Crippen molar-refractivity contribution in [3.63, 3.8) is 0 Å². The second-order valence-electron chi connectivity index (χ2n) is 5.29. The molecule has 0 aromatic heterocycles. The van der Waals surface area contributed by atoms with Crippen LogP contribution in [0, 0.1) is 5.82 Å². The molecule has 0 radical (unpaired) electrons. The standard InChI is InChI=1S/C17H19FO3/c1-12(19)13-8-9-16(15(18)10-13)21-11-17(2,20)14-6-4-3-5-7-14/h3-10,12,19-20H,11H2,1-2H3/t12-,17?/m1/s1. The van der Waals surface area contributed by atoms with Gasteiger partial charge in [0.05, 0.1) is 6.10 Å². The lowest BCUT2D eigenvalue weighted by Crippen LogP contribution is -2.29. The summed E-state index contributed by atoms with van der Waals surface area (Å²) >= 11 is 0. The average molecular weight is 290 g/mol. The molecule has 2 aromatic rings. The first kappa shape index (κ1) is 15.5. The van der Waals surface area contributed by atoms with Crippen LogP contribution >= 0.6 is 0 Å². The van der Waals surface area contributed by atoms with Crippen LogP contribution in [0.5, 0.6) is 5.75 Å². The van der Waals surface area contributed by atoms with Gasteiger partial charge in [0.25, 0.3) is 0 Å². The number of benzene rings is 2. The fraction of sp³-hybridized carbons (Fsp3) is 0.294. The molecule has 112 valence electrons. The van der Waals surface area contributed by atoms with E-state index in [9.17, 15) is 14.6 Å². The summed E-state index contributed by atoms with van der Waals surface area (Å²) < 4.78 is 19.3. The summed E-state index contributed by atoms with van der Waals surface area (Å²) in [6.45, 7) is 3.11. The smallest absolute Gasteiger partial charge is 0.165 e. The third kappa shape index (κ3) is 3.80. The van der Waals surface area contributed by atoms with E-state index in [1.54, 1.807) is 32.0 Å². The number of halogens is 1. The van der Waals surface area contributed by atoms with E-state index in [2.05, 4.69) is 0 Å². The average Bonchev–Trinajstić information content (AvgIpc) is 2.46. The molecule has 4 heteroatoms. The molecule has 0 heterocycles. The molecule has 21 heavy (non-hydrogen) atoms. The van der Waals surface area contributed by atoms with E-state index in [1.807, 2.05) is 18.2 Å². The zero-order valence-corrected chi connectivity index (χ0v) is 12.1. The maximum Gasteiger partial charge on any atom is 0.165 e. The van der Waals surface area contributed by atoms with Gasteiger partial charge < -0.3 is 14.9 Å². The molecule has 0 saturated carbocycles. The van der Waals surface area contributed by atoms with Crippen LogP contribution < -0.4 is 4.74 Å². The molecule has 2 aromatic carbocycles. The highest BCUT2D eigenvalue weighted by Crippen LogP contribution is 2.25. The SMILES string of the molecule is C[C@@H](O)c1ccc(OCC(C)(O)c2ccccc2)c(F)c1. The molecule has 0 aliphatic heterocycles. The summed E-state index contributed by atoms with van der Waals surface area (Å²) in [4.78, 5) is 0. The van der Waals surface area contributed by atoms with Gasteiger partial charge in [-0.1, -0.05) is 36.4 Å². The van der Waals surface area contributed by atoms with Crippen molar-refractivity contribution in [3.05, 3.63) is 65.5 Å². The molecule has 0 saturated heterocycles. The van der Waals surface area contributed by atoms with Gasteiger partial charge in [0.1, 0.15) is 12.2 Å². The second-order valence-corrected chi connectivity index (χ2v) is 5.29. The second kappa shape index (κ2) is 6.24. The molecular weight excluding hydrogens is 271 g/mol. The van der Waals surface area contributed by atoms with Gasteiger partial charge in [-0.2, -0.15) is 0 Å². The Balaban J connectivity index is 2.09. The lowest BCUT2D eigenvalue weighted by molar-refractivity contribution is 0.00640. The minimum atomic E-state index is -1.21. The number of aliphatic hydroxyl groups excluding tert-OH is 1. The van der Waals surface area contributed by atoms with Gasteiger partial charge >= 0.3 is 0 Å². The normalized spacial score (nSPS) is 15.3. The molecule has 3 nitrogen and oxygen atoms in total. The number of hydrogen-bond acceptors (Lipinski definition) is 3. The monoisotopic (exact) mass is 290 g/mol. The zero-order chi connectivity index (χ0) is 15.5. The Bertz CT molecular complexity index is 594. The van der Waals surface area contributed by atoms with E-state index in [4.69, 9.17) is 4.74 Å². The molecule has 0 spiro atoms. The zero-order valence-electron chi connectivity index (χ0n) is 12.1. The van der Waals surface area contributed by atoms with Crippen LogP contribution in [0.1, 0.15) is 31.1 Å². The molecule has 2 atom stereocenters. The maximum absolute atomic E-state index is 13.9. The Morgan fingerprint density at radius 2 is 1.86 bits per heavy atom. The van der Waals surface area contributed by atoms with Crippen LogP contribution in [0.2, 0.25) is 0 Å². The first-order chi connectivity index (χ1) is 9.90. The van der Waals surface area contributed by atoms with Gasteiger partial charge in [0, 0.05) is 0 Å². The van der Waals surface area contributed by atoms with Gasteiger partial charge in [-0.05, 0) is 37.1 Å². The Hall–Kier alpha value is -1.91. The van der Waals surface area contributed by atoms with Crippen molar-refractivity contribution in [2.24, 2.45) is 0 Å². The summed E-state index contributed by atoms with van der Waals surface area (Å²) in [6, 6.07) is 13.4. The number of ether oxygens (including phenoxy) is 1. The quantitative estimate of drug-likeness (QED) is 0.889. The largest absolute Gasteiger partial charge is 0.487 e. The Morgan fingerprint density at radius 3 is 2.43 bits per heavy atom. The van der Waals surface area contributed by atoms with Crippen molar-refractivity contribution in [1.29, 1.82) is 0 Å². The minimum absolute atomic E-state index is 0.0515. The van der Waals surface area contributed by atoms with Crippen molar-refractivity contribution in [2.75, 3.05) is 6.61 Å². The van der Waals surface area contributed by atoms with Crippen LogP contribution in [-0.4, -0.2) is 16.8 Å². The van der Waals surface area contributed by atoms with Gasteiger partial charge in [-0.15, -0.1) is 0 Å². The number of aliphatic hydroxyl groups is 2. The predicted octanol–water partition coefficient (Wildman–Crippen LogP) is 3.17. The molecule has 0 bridgehead atoms. The minimum Gasteiger partial charge on any atom is -0.487 e. The molecule has 0 amide bonds. The fourth-order valence-corrected chi connectivity index (χ4v) is 1.99. The summed E-state index contributed by atoms with van der Waals surface area (Å²) in [6.07, 6.45) is -0.735. The third-order valence-corrected chi connectivity index (χ3v) is 3.34. The Morgan fingerprint density at radius 1 is 1.19 bits per heavy atom. The topological polar surface area (TPSA) is 49.7 Å². The van der Waals surface area contributed by atoms with Crippen LogP contribution in [0.4, 0.5) is 4.39 Å². The lowest BCUT2D eigenvalue weighted by atomic mass is 9.97. The van der Waals surface area contributed by atoms with Gasteiger partial charge in [-0.3, -0.25) is 0 Å². The molecule has 0 fully saturated rings. The first-order valence-corrected chi connectivity index (χ1v) is 6.78. The third-order valence-electron chi connectivity index (χ3n) is 3.34. The van der Waals surface area contributed by atoms with E-state index in [1.165, 1.54) is 12.1 Å². The summed E-state index contributed by atoms with van der Waals surface area (Å²) in [5.41, 5.74) is -0.0305. The summed E-state index contributed by atoms with van der Waals surface area (Å²) in [7, 11) is 0. The highest BCUT2D eigenvalue weighted by atomic mass is 19.1. The molecule has 0 aliphatic carbocycles. The number of rotatable bonds is 5. The lowest BCUT2D eigenvalue weighted by Gasteiger charge is -2.24. The van der Waals surface area contributed by atoms with Crippen LogP contribution in [0.15, 0.2) is 48.5 Å². The Kier molecular flexibility index (Phi) is 4.60. The fourth-order valence-electron chi connectivity index (χ4n) is 1.99. The van der Waals surface area contributed by atoms with Crippen molar-refractivity contribution < 1.29 is 19.3 Å². The van der Waals surface area contributed by atoms with E-state index in [0.29, 0.717) is 11.1 Å². The molecular formula is C17H19FO3. The highest BCUT2D eigenvalue weighted by Gasteiger charge is 2.24. The highest BCUT2D eigenvalue weighted by molar-refractivity contribution is 5.31. The maximum atomic E-state index is 13.9. The van der Waals surface area contributed by atoms with Crippen molar-refractivity contribution in [1.82, 2.24) is 0 Å². The van der Waals surface area contributed by atoms with Crippen molar-refractivity contribution in [2.45, 2.75) is 25.6 Å². The van der Waals surface area contributed by atoms with E-state index < -0.39 is 17.5 Å². The van der Waals surface area contributed by atoms with E-state index >= 15 is 0 Å². The summed E-state index contributed by atoms with van der Waals surface area (Å²) in [5, 5.41) is 19.8. The van der Waals surface area contributed by atoms with Gasteiger partial charge in [-0.25, -0.2) is 4.39 Å². The van der Waals surface area contributed by atoms with Crippen LogP contribution in [0.3, 0.4) is 0 Å². The van der Waals surface area contributed by atoms with Gasteiger partial charge in [0.2, 0.25) is 0 Å². The molecule has 1 unspecified atom stereocenters. The number of hydrogen-bond donors (Lipinski definition) is 2. The van der Waals surface area contributed by atoms with Crippen LogP contribution in [-0.2, 0) is 5.60 Å². The predicted molar refractivity (Wildman–Crippen MR) is 78.5 cm³/mol. The van der Waals surface area contributed by atoms with Crippen molar-refractivity contribution >= 4 is 0 Å². The van der Waals surface area contributed by atoms with Gasteiger partial charge in [0.15, 0.2) is 11.6 Å². The summed E-state index contributed by atoms with van der Waals surface area (Å²) in [5.74, 6) is -0.507. The Labute approximate surface area is 123 Å². The first-order valence-electron chi connectivity index (χ1n) is 6.78. The van der Waals surface area contributed by atoms with Crippen molar-refractivity contribution in [3.8, 4) is 5.75 Å². The molecule has 0 aliphatic rings.